The van der Waals surface area contributed by atoms with Gasteiger partial charge < -0.3 is 10.2 Å². The van der Waals surface area contributed by atoms with Gasteiger partial charge in [-0.25, -0.2) is 14.2 Å². The molecule has 0 saturated carbocycles. The highest BCUT2D eigenvalue weighted by atomic mass is 35.5. The van der Waals surface area contributed by atoms with Crippen LogP contribution in [0.4, 0.5) is 14.9 Å². The second-order valence-electron chi connectivity index (χ2n) is 7.25. The summed E-state index contributed by atoms with van der Waals surface area (Å²) in [4.78, 5) is 31.3. The molecule has 0 unspecified atom stereocenters. The number of carbonyl (C=O) groups excluding carboxylic acids is 1. The summed E-state index contributed by atoms with van der Waals surface area (Å²) < 4.78 is 15.1. The number of piperidine rings is 1. The van der Waals surface area contributed by atoms with E-state index in [4.69, 9.17) is 11.6 Å². The number of nitrogens with zero attached hydrogens (tertiary/aromatic N) is 3. The van der Waals surface area contributed by atoms with E-state index >= 15 is 0 Å². The Morgan fingerprint density at radius 2 is 1.97 bits per heavy atom. The van der Waals surface area contributed by atoms with Gasteiger partial charge >= 0.3 is 6.03 Å². The number of hydrogen-bond donors (Lipinski definition) is 1. The number of carbonyl (C=O) groups is 1. The van der Waals surface area contributed by atoms with Crippen LogP contribution in [0.5, 0.6) is 0 Å². The van der Waals surface area contributed by atoms with E-state index < -0.39 is 5.82 Å². The van der Waals surface area contributed by atoms with Gasteiger partial charge in [0, 0.05) is 19.1 Å². The van der Waals surface area contributed by atoms with Crippen molar-refractivity contribution in [1.29, 1.82) is 0 Å². The standard InChI is InChI=1S/C21H20ClFN4O2/c1-13-2-4-19(17(22)10-13)25-21(29)26-8-6-15(7-9-26)27-12-24-18-5-3-14(23)11-16(18)20(27)28/h2-5,10-12,15H,6-9H2,1H3,(H,25,29). The van der Waals surface area contributed by atoms with E-state index in [1.165, 1.54) is 24.5 Å². The molecule has 150 valence electrons. The molecule has 1 aromatic heterocycles. The number of urea groups is 1. The maximum absolute atomic E-state index is 13.5. The van der Waals surface area contributed by atoms with Crippen LogP contribution in [-0.4, -0.2) is 33.6 Å². The average molecular weight is 415 g/mol. The molecule has 1 aliphatic heterocycles. The summed E-state index contributed by atoms with van der Waals surface area (Å²) >= 11 is 6.19. The SMILES string of the molecule is Cc1ccc(NC(=O)N2CCC(n3cnc4ccc(F)cc4c3=O)CC2)c(Cl)c1. The highest BCUT2D eigenvalue weighted by Gasteiger charge is 2.25. The van der Waals surface area contributed by atoms with E-state index in [0.29, 0.717) is 42.2 Å². The van der Waals surface area contributed by atoms with E-state index in [1.807, 2.05) is 13.0 Å². The smallest absolute Gasteiger partial charge is 0.321 e. The van der Waals surface area contributed by atoms with Gasteiger partial charge in [-0.2, -0.15) is 0 Å². The van der Waals surface area contributed by atoms with Crippen LogP contribution < -0.4 is 10.9 Å². The summed E-state index contributed by atoms with van der Waals surface area (Å²) in [6, 6.07) is 9.16. The van der Waals surface area contributed by atoms with Crippen LogP contribution in [0.15, 0.2) is 47.5 Å². The fourth-order valence-corrected chi connectivity index (χ4v) is 3.91. The minimum absolute atomic E-state index is 0.0883. The molecular formula is C21H20ClFN4O2. The van der Waals surface area contributed by atoms with Crippen LogP contribution in [0.3, 0.4) is 0 Å². The van der Waals surface area contributed by atoms with Gasteiger partial charge in [-0.3, -0.25) is 9.36 Å². The summed E-state index contributed by atoms with van der Waals surface area (Å²) in [6.07, 6.45) is 2.73. The zero-order valence-corrected chi connectivity index (χ0v) is 16.6. The fourth-order valence-electron chi connectivity index (χ4n) is 3.63. The normalized spacial score (nSPS) is 14.9. The van der Waals surface area contributed by atoms with Crippen LogP contribution in [0, 0.1) is 12.7 Å². The molecule has 4 rings (SSSR count). The number of nitrogens with one attached hydrogen (secondary N) is 1. The minimum atomic E-state index is -0.463. The first-order chi connectivity index (χ1) is 13.9. The van der Waals surface area contributed by atoms with Crippen LogP contribution in [0.2, 0.25) is 5.02 Å². The predicted octanol–water partition coefficient (Wildman–Crippen LogP) is 4.37. The molecule has 1 aliphatic rings. The number of benzene rings is 2. The lowest BCUT2D eigenvalue weighted by atomic mass is 10.0. The number of hydrogen-bond acceptors (Lipinski definition) is 3. The van der Waals surface area contributed by atoms with E-state index in [0.717, 1.165) is 5.56 Å². The Kier molecular flexibility index (Phi) is 5.24. The maximum atomic E-state index is 13.5. The highest BCUT2D eigenvalue weighted by molar-refractivity contribution is 6.33. The Labute approximate surface area is 171 Å². The summed E-state index contributed by atoms with van der Waals surface area (Å²) in [6.45, 7) is 2.92. The van der Waals surface area contributed by atoms with Crippen molar-refractivity contribution in [2.75, 3.05) is 18.4 Å². The molecule has 1 N–H and O–H groups in total. The van der Waals surface area contributed by atoms with Crippen LogP contribution >= 0.6 is 11.6 Å². The van der Waals surface area contributed by atoms with Crippen molar-refractivity contribution in [2.45, 2.75) is 25.8 Å². The molecule has 3 aromatic rings. The quantitative estimate of drug-likeness (QED) is 0.677. The molecule has 0 spiro atoms. The van der Waals surface area contributed by atoms with Crippen molar-refractivity contribution >= 4 is 34.2 Å². The predicted molar refractivity (Wildman–Crippen MR) is 111 cm³/mol. The Morgan fingerprint density at radius 1 is 1.21 bits per heavy atom. The molecule has 6 nitrogen and oxygen atoms in total. The van der Waals surface area contributed by atoms with Gasteiger partial charge in [0.2, 0.25) is 0 Å². The molecule has 0 bridgehead atoms. The number of anilines is 1. The molecule has 2 amide bonds. The van der Waals surface area contributed by atoms with E-state index in [-0.39, 0.29) is 23.0 Å². The first-order valence-corrected chi connectivity index (χ1v) is 9.78. The molecule has 0 radical (unpaired) electrons. The molecule has 29 heavy (non-hydrogen) atoms. The Balaban J connectivity index is 1.45. The van der Waals surface area contributed by atoms with E-state index in [2.05, 4.69) is 10.3 Å². The zero-order valence-electron chi connectivity index (χ0n) is 15.9. The van der Waals surface area contributed by atoms with Gasteiger partial charge in [0.1, 0.15) is 5.82 Å². The number of amides is 2. The summed E-state index contributed by atoms with van der Waals surface area (Å²) in [7, 11) is 0. The van der Waals surface area contributed by atoms with Crippen molar-refractivity contribution in [3.05, 3.63) is 69.5 Å². The van der Waals surface area contributed by atoms with Gasteiger partial charge in [-0.15, -0.1) is 0 Å². The van der Waals surface area contributed by atoms with Crippen molar-refractivity contribution in [2.24, 2.45) is 0 Å². The number of fused-ring (bicyclic) bond motifs is 1. The number of rotatable bonds is 2. The summed E-state index contributed by atoms with van der Waals surface area (Å²) in [5.41, 5.74) is 1.80. The van der Waals surface area contributed by atoms with Gasteiger partial charge in [0.15, 0.2) is 0 Å². The van der Waals surface area contributed by atoms with Crippen LogP contribution in [0.1, 0.15) is 24.4 Å². The van der Waals surface area contributed by atoms with Crippen molar-refractivity contribution in [1.82, 2.24) is 14.5 Å². The van der Waals surface area contributed by atoms with Gasteiger partial charge in [-0.1, -0.05) is 17.7 Å². The van der Waals surface area contributed by atoms with Crippen molar-refractivity contribution in [3.63, 3.8) is 0 Å². The monoisotopic (exact) mass is 414 g/mol. The molecule has 0 atom stereocenters. The minimum Gasteiger partial charge on any atom is -0.324 e. The molecule has 8 heteroatoms. The Hall–Kier alpha value is -2.93. The zero-order chi connectivity index (χ0) is 20.5. The fraction of sp³-hybridized carbons (Fsp3) is 0.286. The van der Waals surface area contributed by atoms with Crippen molar-refractivity contribution in [3.8, 4) is 0 Å². The van der Waals surface area contributed by atoms with Crippen LogP contribution in [-0.2, 0) is 0 Å². The third-order valence-corrected chi connectivity index (χ3v) is 5.57. The second-order valence-corrected chi connectivity index (χ2v) is 7.66. The van der Waals surface area contributed by atoms with Gasteiger partial charge in [0.05, 0.1) is 27.9 Å². The first kappa shape index (κ1) is 19.4. The third kappa shape index (κ3) is 3.96. The average Bonchev–Trinajstić information content (AvgIpc) is 2.71. The molecule has 2 aromatic carbocycles. The number of halogens is 2. The second kappa shape index (κ2) is 7.83. The Morgan fingerprint density at radius 3 is 2.69 bits per heavy atom. The molecule has 1 saturated heterocycles. The van der Waals surface area contributed by atoms with E-state index in [9.17, 15) is 14.0 Å². The Bertz CT molecular complexity index is 1140. The molecule has 0 aliphatic carbocycles. The number of aromatic nitrogens is 2. The third-order valence-electron chi connectivity index (χ3n) is 5.26. The lowest BCUT2D eigenvalue weighted by Crippen LogP contribution is -2.42. The molecular weight excluding hydrogens is 395 g/mol. The van der Waals surface area contributed by atoms with Crippen molar-refractivity contribution < 1.29 is 9.18 Å². The molecule has 1 fully saturated rings. The van der Waals surface area contributed by atoms with E-state index in [1.54, 1.807) is 21.6 Å². The summed E-state index contributed by atoms with van der Waals surface area (Å²) in [5, 5.41) is 3.60. The van der Waals surface area contributed by atoms with Crippen LogP contribution in [0.25, 0.3) is 10.9 Å². The first-order valence-electron chi connectivity index (χ1n) is 9.41. The topological polar surface area (TPSA) is 67.2 Å². The van der Waals surface area contributed by atoms with Gasteiger partial charge in [-0.05, 0) is 55.7 Å². The number of likely N-dealkylation sites (tertiary alicyclic amines) is 1. The lowest BCUT2D eigenvalue weighted by molar-refractivity contribution is 0.182. The molecule has 2 heterocycles. The largest absolute Gasteiger partial charge is 0.324 e. The highest BCUT2D eigenvalue weighted by Crippen LogP contribution is 2.25. The maximum Gasteiger partial charge on any atom is 0.321 e. The van der Waals surface area contributed by atoms with Gasteiger partial charge in [0.25, 0.3) is 5.56 Å². The summed E-state index contributed by atoms with van der Waals surface area (Å²) in [5.74, 6) is -0.463. The lowest BCUT2D eigenvalue weighted by Gasteiger charge is -2.32. The number of aryl methyl sites for hydroxylation is 1.